The molecule has 1 aliphatic rings. The van der Waals surface area contributed by atoms with Gasteiger partial charge in [0.05, 0.1) is 6.61 Å². The number of imide groups is 1. The number of carbonyl (C=O) groups excluding carboxylic acids is 3. The number of hydrogen-bond donors (Lipinski definition) is 0. The molecule has 25 heavy (non-hydrogen) atoms. The highest BCUT2D eigenvalue weighted by Crippen LogP contribution is 2.51. The van der Waals surface area contributed by atoms with E-state index in [0.717, 1.165) is 4.90 Å². The van der Waals surface area contributed by atoms with Crippen molar-refractivity contribution >= 4 is 18.2 Å². The normalized spacial score (nSPS) is 22.6. The Labute approximate surface area is 149 Å². The van der Waals surface area contributed by atoms with Gasteiger partial charge in [0.15, 0.2) is 5.54 Å². The van der Waals surface area contributed by atoms with Gasteiger partial charge in [-0.3, -0.25) is 0 Å². The van der Waals surface area contributed by atoms with Crippen molar-refractivity contribution in [2.24, 2.45) is 5.92 Å². The van der Waals surface area contributed by atoms with Crippen LogP contribution in [0.3, 0.4) is 0 Å². The largest absolute Gasteiger partial charge is 0.464 e. The highest BCUT2D eigenvalue weighted by molar-refractivity contribution is 5.99. The molecular formula is C18H29NO6. The molecule has 7 nitrogen and oxygen atoms in total. The number of rotatable bonds is 4. The van der Waals surface area contributed by atoms with E-state index in [-0.39, 0.29) is 13.0 Å². The van der Waals surface area contributed by atoms with Crippen LogP contribution in [0.2, 0.25) is 0 Å². The summed E-state index contributed by atoms with van der Waals surface area (Å²) in [4.78, 5) is 38.7. The van der Waals surface area contributed by atoms with E-state index in [4.69, 9.17) is 14.2 Å². The van der Waals surface area contributed by atoms with Gasteiger partial charge in [-0.25, -0.2) is 14.4 Å². The minimum absolute atomic E-state index is 0.126. The van der Waals surface area contributed by atoms with Crippen molar-refractivity contribution in [2.75, 3.05) is 6.61 Å². The summed E-state index contributed by atoms with van der Waals surface area (Å²) in [6, 6.07) is 0. The molecule has 0 bridgehead atoms. The Morgan fingerprint density at radius 1 is 1.08 bits per heavy atom. The van der Waals surface area contributed by atoms with Gasteiger partial charge in [-0.05, 0) is 54.9 Å². The van der Waals surface area contributed by atoms with Gasteiger partial charge in [0.1, 0.15) is 11.2 Å². The lowest BCUT2D eigenvalue weighted by atomic mass is 10.1. The van der Waals surface area contributed by atoms with E-state index in [1.807, 2.05) is 0 Å². The van der Waals surface area contributed by atoms with Crippen molar-refractivity contribution in [1.82, 2.24) is 4.90 Å². The van der Waals surface area contributed by atoms with Gasteiger partial charge >= 0.3 is 18.2 Å². The molecule has 0 N–H and O–H groups in total. The Morgan fingerprint density at radius 3 is 1.80 bits per heavy atom. The topological polar surface area (TPSA) is 82.1 Å². The van der Waals surface area contributed by atoms with Crippen molar-refractivity contribution in [3.8, 4) is 0 Å². The fraction of sp³-hybridized carbons (Fsp3) is 0.722. The Morgan fingerprint density at radius 2 is 1.52 bits per heavy atom. The first-order valence-electron chi connectivity index (χ1n) is 8.34. The van der Waals surface area contributed by atoms with Gasteiger partial charge in [-0.15, -0.1) is 6.58 Å². The van der Waals surface area contributed by atoms with E-state index in [1.54, 1.807) is 48.5 Å². The standard InChI is InChI=1S/C18H29NO6/c1-9-12-11-18(12,13(20)23-10-2)19(14(21)24-16(3,4)5)15(22)25-17(6,7)8/h9,12H,1,10-11H2,2-8H3. The van der Waals surface area contributed by atoms with Gasteiger partial charge in [-0.2, -0.15) is 4.90 Å². The summed E-state index contributed by atoms with van der Waals surface area (Å²) in [7, 11) is 0. The first-order chi connectivity index (χ1) is 11.3. The summed E-state index contributed by atoms with van der Waals surface area (Å²) >= 11 is 0. The third kappa shape index (κ3) is 4.96. The molecule has 142 valence electrons. The van der Waals surface area contributed by atoms with Gasteiger partial charge in [-0.1, -0.05) is 6.08 Å². The average Bonchev–Trinajstić information content (AvgIpc) is 3.10. The molecule has 0 aromatic rings. The van der Waals surface area contributed by atoms with Gasteiger partial charge in [0.2, 0.25) is 0 Å². The molecule has 0 spiro atoms. The van der Waals surface area contributed by atoms with Crippen LogP contribution in [-0.4, -0.2) is 46.4 Å². The molecule has 2 amide bonds. The van der Waals surface area contributed by atoms with E-state index in [0.29, 0.717) is 0 Å². The second-order valence-corrected chi connectivity index (χ2v) is 7.99. The Bertz CT molecular complexity index is 529. The third-order valence-corrected chi connectivity index (χ3v) is 3.45. The zero-order chi connectivity index (χ0) is 19.6. The van der Waals surface area contributed by atoms with Crippen molar-refractivity contribution in [1.29, 1.82) is 0 Å². The molecule has 0 radical (unpaired) electrons. The molecule has 0 aromatic heterocycles. The molecular weight excluding hydrogens is 326 g/mol. The van der Waals surface area contributed by atoms with Crippen molar-refractivity contribution in [2.45, 2.75) is 71.6 Å². The second-order valence-electron chi connectivity index (χ2n) is 7.99. The molecule has 0 aromatic carbocycles. The first-order valence-corrected chi connectivity index (χ1v) is 8.34. The predicted molar refractivity (Wildman–Crippen MR) is 92.0 cm³/mol. The highest BCUT2D eigenvalue weighted by Gasteiger charge is 2.68. The van der Waals surface area contributed by atoms with Crippen LogP contribution in [0.4, 0.5) is 9.59 Å². The summed E-state index contributed by atoms with van der Waals surface area (Å²) in [5.74, 6) is -1.08. The SMILES string of the molecule is C=CC1CC1(C(=O)OCC)N(C(=O)OC(C)(C)C)C(=O)OC(C)(C)C. The molecule has 0 heterocycles. The monoisotopic (exact) mass is 355 g/mol. The van der Waals surface area contributed by atoms with Crippen LogP contribution in [0.15, 0.2) is 12.7 Å². The number of hydrogen-bond acceptors (Lipinski definition) is 6. The van der Waals surface area contributed by atoms with E-state index < -0.39 is 40.8 Å². The van der Waals surface area contributed by atoms with E-state index in [2.05, 4.69) is 6.58 Å². The Hall–Kier alpha value is -2.05. The van der Waals surface area contributed by atoms with Crippen LogP contribution in [0, 0.1) is 5.92 Å². The molecule has 1 saturated carbocycles. The van der Waals surface area contributed by atoms with Crippen molar-refractivity contribution in [3.05, 3.63) is 12.7 Å². The molecule has 2 atom stereocenters. The predicted octanol–water partition coefficient (Wildman–Crippen LogP) is 3.67. The zero-order valence-electron chi connectivity index (χ0n) is 16.2. The summed E-state index contributed by atoms with van der Waals surface area (Å²) in [6.45, 7) is 15.5. The maximum Gasteiger partial charge on any atom is 0.420 e. The average molecular weight is 355 g/mol. The molecule has 1 fully saturated rings. The molecule has 0 aliphatic heterocycles. The lowest BCUT2D eigenvalue weighted by Gasteiger charge is -2.33. The molecule has 7 heteroatoms. The minimum atomic E-state index is -1.47. The molecule has 1 aliphatic carbocycles. The molecule has 1 rings (SSSR count). The number of esters is 1. The third-order valence-electron chi connectivity index (χ3n) is 3.45. The summed E-state index contributed by atoms with van der Waals surface area (Å²) in [5, 5.41) is 0. The molecule has 0 saturated heterocycles. The van der Waals surface area contributed by atoms with Crippen LogP contribution < -0.4 is 0 Å². The van der Waals surface area contributed by atoms with Crippen LogP contribution >= 0.6 is 0 Å². The second kappa shape index (κ2) is 7.06. The van der Waals surface area contributed by atoms with Crippen molar-refractivity contribution < 1.29 is 28.6 Å². The summed E-state index contributed by atoms with van der Waals surface area (Å²) in [5.41, 5.74) is -3.15. The maximum absolute atomic E-state index is 12.7. The summed E-state index contributed by atoms with van der Waals surface area (Å²) in [6.07, 6.45) is -0.134. The smallest absolute Gasteiger partial charge is 0.420 e. The van der Waals surface area contributed by atoms with E-state index in [1.165, 1.54) is 6.08 Å². The Balaban J connectivity index is 3.29. The number of nitrogens with zero attached hydrogens (tertiary/aromatic N) is 1. The van der Waals surface area contributed by atoms with Crippen LogP contribution in [0.1, 0.15) is 54.9 Å². The fourth-order valence-corrected chi connectivity index (χ4v) is 2.41. The zero-order valence-corrected chi connectivity index (χ0v) is 16.2. The van der Waals surface area contributed by atoms with E-state index in [9.17, 15) is 14.4 Å². The minimum Gasteiger partial charge on any atom is -0.464 e. The maximum atomic E-state index is 12.7. The lowest BCUT2D eigenvalue weighted by molar-refractivity contribution is -0.151. The first kappa shape index (κ1) is 21.0. The number of ether oxygens (including phenoxy) is 3. The highest BCUT2D eigenvalue weighted by atomic mass is 16.6. The van der Waals surface area contributed by atoms with Crippen LogP contribution in [0.25, 0.3) is 0 Å². The van der Waals surface area contributed by atoms with E-state index >= 15 is 0 Å². The van der Waals surface area contributed by atoms with Gasteiger partial charge in [0, 0.05) is 5.92 Å². The summed E-state index contributed by atoms with van der Waals surface area (Å²) < 4.78 is 15.8. The number of amides is 2. The Kier molecular flexibility index (Phi) is 5.93. The number of carbonyl (C=O) groups is 3. The van der Waals surface area contributed by atoms with Gasteiger partial charge in [0.25, 0.3) is 0 Å². The van der Waals surface area contributed by atoms with Crippen LogP contribution in [-0.2, 0) is 19.0 Å². The fourth-order valence-electron chi connectivity index (χ4n) is 2.41. The lowest BCUT2D eigenvalue weighted by Crippen LogP contribution is -2.55. The molecule has 2 unspecified atom stereocenters. The quantitative estimate of drug-likeness (QED) is 0.435. The van der Waals surface area contributed by atoms with Crippen molar-refractivity contribution in [3.63, 3.8) is 0 Å². The van der Waals surface area contributed by atoms with Gasteiger partial charge < -0.3 is 14.2 Å². The van der Waals surface area contributed by atoms with Crippen LogP contribution in [0.5, 0.6) is 0 Å².